The minimum absolute atomic E-state index is 0.274. The van der Waals surface area contributed by atoms with Gasteiger partial charge in [-0.25, -0.2) is 4.79 Å². The highest BCUT2D eigenvalue weighted by molar-refractivity contribution is 5.86. The molecule has 0 heterocycles. The first kappa shape index (κ1) is 13.2. The summed E-state index contributed by atoms with van der Waals surface area (Å²) in [4.78, 5) is 11.1. The SMILES string of the molecule is C=C(C)C(=O)OCCC(CC)C(C)C. The summed E-state index contributed by atoms with van der Waals surface area (Å²) in [6, 6.07) is 0. The van der Waals surface area contributed by atoms with Crippen LogP contribution in [-0.4, -0.2) is 12.6 Å². The summed E-state index contributed by atoms with van der Waals surface area (Å²) < 4.78 is 5.05. The van der Waals surface area contributed by atoms with Crippen molar-refractivity contribution in [2.24, 2.45) is 11.8 Å². The molecule has 0 saturated heterocycles. The minimum Gasteiger partial charge on any atom is -0.462 e. The third-order valence-corrected chi connectivity index (χ3v) is 2.54. The zero-order valence-corrected chi connectivity index (χ0v) is 9.80. The molecule has 1 atom stereocenters. The molecule has 0 aromatic carbocycles. The van der Waals surface area contributed by atoms with E-state index in [0.717, 1.165) is 12.8 Å². The number of hydrogen-bond acceptors (Lipinski definition) is 2. The van der Waals surface area contributed by atoms with E-state index in [2.05, 4.69) is 27.4 Å². The van der Waals surface area contributed by atoms with Crippen molar-refractivity contribution in [3.05, 3.63) is 12.2 Å². The lowest BCUT2D eigenvalue weighted by atomic mass is 9.91. The first-order valence-corrected chi connectivity index (χ1v) is 5.31. The number of ether oxygens (including phenoxy) is 1. The molecule has 0 aromatic heterocycles. The second-order valence-corrected chi connectivity index (χ2v) is 4.12. The van der Waals surface area contributed by atoms with Crippen LogP contribution >= 0.6 is 0 Å². The molecule has 0 N–H and O–H groups in total. The largest absolute Gasteiger partial charge is 0.462 e. The van der Waals surface area contributed by atoms with Gasteiger partial charge in [0.05, 0.1) is 6.61 Å². The van der Waals surface area contributed by atoms with E-state index in [-0.39, 0.29) is 5.97 Å². The van der Waals surface area contributed by atoms with E-state index in [0.29, 0.717) is 24.0 Å². The molecule has 82 valence electrons. The lowest BCUT2D eigenvalue weighted by Crippen LogP contribution is -2.13. The second-order valence-electron chi connectivity index (χ2n) is 4.12. The number of carbonyl (C=O) groups excluding carboxylic acids is 1. The summed E-state index contributed by atoms with van der Waals surface area (Å²) in [6.07, 6.45) is 2.09. The molecule has 1 unspecified atom stereocenters. The van der Waals surface area contributed by atoms with Gasteiger partial charge in [-0.15, -0.1) is 0 Å². The number of rotatable bonds is 6. The predicted molar refractivity (Wildman–Crippen MR) is 59.0 cm³/mol. The predicted octanol–water partition coefficient (Wildman–Crippen LogP) is 3.18. The van der Waals surface area contributed by atoms with Crippen LogP contribution in [0.4, 0.5) is 0 Å². The van der Waals surface area contributed by atoms with Gasteiger partial charge < -0.3 is 4.74 Å². The van der Waals surface area contributed by atoms with Crippen molar-refractivity contribution in [3.8, 4) is 0 Å². The summed E-state index contributed by atoms with van der Waals surface area (Å²) in [5.74, 6) is 1.03. The standard InChI is InChI=1S/C12H22O2/c1-6-11(9(2)3)7-8-14-12(13)10(4)5/h9,11H,4,6-8H2,1-3,5H3. The molecule has 0 radical (unpaired) electrons. The van der Waals surface area contributed by atoms with Crippen molar-refractivity contribution < 1.29 is 9.53 Å². The van der Waals surface area contributed by atoms with Crippen molar-refractivity contribution in [2.45, 2.75) is 40.5 Å². The van der Waals surface area contributed by atoms with Gasteiger partial charge in [0.25, 0.3) is 0 Å². The molecule has 0 spiro atoms. The van der Waals surface area contributed by atoms with Crippen LogP contribution in [0.25, 0.3) is 0 Å². The molecule has 0 fully saturated rings. The molecule has 0 saturated carbocycles. The van der Waals surface area contributed by atoms with E-state index >= 15 is 0 Å². The van der Waals surface area contributed by atoms with E-state index in [4.69, 9.17) is 4.74 Å². The molecular weight excluding hydrogens is 176 g/mol. The van der Waals surface area contributed by atoms with Crippen LogP contribution < -0.4 is 0 Å². The minimum atomic E-state index is -0.274. The fourth-order valence-corrected chi connectivity index (χ4v) is 1.44. The number of carbonyl (C=O) groups is 1. The van der Waals surface area contributed by atoms with Gasteiger partial charge >= 0.3 is 5.97 Å². The average Bonchev–Trinajstić information content (AvgIpc) is 2.11. The first-order valence-electron chi connectivity index (χ1n) is 5.31. The highest BCUT2D eigenvalue weighted by Gasteiger charge is 2.11. The van der Waals surface area contributed by atoms with E-state index < -0.39 is 0 Å². The molecule has 0 aliphatic carbocycles. The topological polar surface area (TPSA) is 26.3 Å². The molecule has 2 nitrogen and oxygen atoms in total. The van der Waals surface area contributed by atoms with Crippen molar-refractivity contribution in [2.75, 3.05) is 6.61 Å². The Balaban J connectivity index is 3.72. The molecule has 0 aromatic rings. The van der Waals surface area contributed by atoms with Crippen LogP contribution in [0, 0.1) is 11.8 Å². The van der Waals surface area contributed by atoms with E-state index in [1.165, 1.54) is 0 Å². The third kappa shape index (κ3) is 5.05. The summed E-state index contributed by atoms with van der Waals surface area (Å²) in [7, 11) is 0. The van der Waals surface area contributed by atoms with Crippen LogP contribution in [-0.2, 0) is 9.53 Å². The van der Waals surface area contributed by atoms with Crippen LogP contribution in [0.15, 0.2) is 12.2 Å². The Bertz CT molecular complexity index is 194. The van der Waals surface area contributed by atoms with E-state index in [1.54, 1.807) is 6.92 Å². The van der Waals surface area contributed by atoms with Crippen molar-refractivity contribution >= 4 is 5.97 Å². The van der Waals surface area contributed by atoms with Crippen LogP contribution in [0.3, 0.4) is 0 Å². The molecule has 0 rings (SSSR count). The fraction of sp³-hybridized carbons (Fsp3) is 0.750. The van der Waals surface area contributed by atoms with Crippen LogP contribution in [0.1, 0.15) is 40.5 Å². The fourth-order valence-electron chi connectivity index (χ4n) is 1.44. The Labute approximate surface area is 87.3 Å². The molecule has 0 aliphatic heterocycles. The van der Waals surface area contributed by atoms with Gasteiger partial charge in [0.1, 0.15) is 0 Å². The molecular formula is C12H22O2. The maximum atomic E-state index is 11.1. The summed E-state index contributed by atoms with van der Waals surface area (Å²) in [6.45, 7) is 12.3. The second kappa shape index (κ2) is 6.63. The summed E-state index contributed by atoms with van der Waals surface area (Å²) >= 11 is 0. The average molecular weight is 198 g/mol. The Hall–Kier alpha value is -0.790. The lowest BCUT2D eigenvalue weighted by Gasteiger charge is -2.18. The van der Waals surface area contributed by atoms with E-state index in [1.807, 2.05) is 0 Å². The first-order chi connectivity index (χ1) is 6.49. The zero-order valence-electron chi connectivity index (χ0n) is 9.80. The normalized spacial score (nSPS) is 12.6. The molecule has 0 bridgehead atoms. The van der Waals surface area contributed by atoms with Crippen LogP contribution in [0.5, 0.6) is 0 Å². The Morgan fingerprint density at radius 1 is 1.43 bits per heavy atom. The number of esters is 1. The van der Waals surface area contributed by atoms with Gasteiger partial charge in [-0.05, 0) is 25.2 Å². The van der Waals surface area contributed by atoms with Gasteiger partial charge in [-0.1, -0.05) is 33.8 Å². The van der Waals surface area contributed by atoms with Gasteiger partial charge in [-0.3, -0.25) is 0 Å². The highest BCUT2D eigenvalue weighted by Crippen LogP contribution is 2.18. The van der Waals surface area contributed by atoms with Gasteiger partial charge in [0.15, 0.2) is 0 Å². The smallest absolute Gasteiger partial charge is 0.333 e. The molecule has 14 heavy (non-hydrogen) atoms. The van der Waals surface area contributed by atoms with E-state index in [9.17, 15) is 4.79 Å². The van der Waals surface area contributed by atoms with Crippen molar-refractivity contribution in [1.82, 2.24) is 0 Å². The Morgan fingerprint density at radius 2 is 2.00 bits per heavy atom. The molecule has 0 amide bonds. The summed E-state index contributed by atoms with van der Waals surface area (Å²) in [5, 5.41) is 0. The van der Waals surface area contributed by atoms with Crippen molar-refractivity contribution in [3.63, 3.8) is 0 Å². The molecule has 2 heteroatoms. The lowest BCUT2D eigenvalue weighted by molar-refractivity contribution is -0.139. The number of hydrogen-bond donors (Lipinski definition) is 0. The van der Waals surface area contributed by atoms with Crippen molar-refractivity contribution in [1.29, 1.82) is 0 Å². The van der Waals surface area contributed by atoms with Gasteiger partial charge in [0.2, 0.25) is 0 Å². The maximum Gasteiger partial charge on any atom is 0.333 e. The van der Waals surface area contributed by atoms with Gasteiger partial charge in [0, 0.05) is 5.57 Å². The van der Waals surface area contributed by atoms with Crippen LogP contribution in [0.2, 0.25) is 0 Å². The quantitative estimate of drug-likeness (QED) is 0.484. The maximum absolute atomic E-state index is 11.1. The third-order valence-electron chi connectivity index (χ3n) is 2.54. The molecule has 0 aliphatic rings. The Morgan fingerprint density at radius 3 is 2.36 bits per heavy atom. The summed E-state index contributed by atoms with van der Waals surface area (Å²) in [5.41, 5.74) is 0.475. The zero-order chi connectivity index (χ0) is 11.1. The Kier molecular flexibility index (Phi) is 6.26. The van der Waals surface area contributed by atoms with Gasteiger partial charge in [-0.2, -0.15) is 0 Å². The monoisotopic (exact) mass is 198 g/mol. The highest BCUT2D eigenvalue weighted by atomic mass is 16.5.